The van der Waals surface area contributed by atoms with Crippen LogP contribution in [0.4, 0.5) is 5.69 Å². The van der Waals surface area contributed by atoms with Gasteiger partial charge in [-0.1, -0.05) is 30.7 Å². The monoisotopic (exact) mass is 503 g/mol. The molecular weight excluding hydrogens is 470 g/mol. The number of carbonyl (C=O) groups excluding carboxylic acids is 1. The van der Waals surface area contributed by atoms with Crippen LogP contribution in [0.2, 0.25) is 5.02 Å². The molecule has 0 aliphatic carbocycles. The van der Waals surface area contributed by atoms with Gasteiger partial charge in [0.05, 0.1) is 16.9 Å². The van der Waals surface area contributed by atoms with Crippen molar-refractivity contribution in [2.75, 3.05) is 31.1 Å². The summed E-state index contributed by atoms with van der Waals surface area (Å²) in [5, 5.41) is 3.59. The number of benzene rings is 2. The number of anilines is 1. The van der Waals surface area contributed by atoms with Gasteiger partial charge in [-0.05, 0) is 80.5 Å². The Labute approximate surface area is 208 Å². The van der Waals surface area contributed by atoms with E-state index in [4.69, 9.17) is 11.6 Å². The second kappa shape index (κ2) is 10.7. The summed E-state index contributed by atoms with van der Waals surface area (Å²) in [6.45, 7) is 7.05. The van der Waals surface area contributed by atoms with Crippen LogP contribution in [0.3, 0.4) is 0 Å². The summed E-state index contributed by atoms with van der Waals surface area (Å²) < 4.78 is 27.5. The lowest BCUT2D eigenvalue weighted by molar-refractivity contribution is -0.126. The third-order valence-corrected chi connectivity index (χ3v) is 9.11. The molecule has 1 amide bonds. The van der Waals surface area contributed by atoms with Gasteiger partial charge >= 0.3 is 0 Å². The van der Waals surface area contributed by atoms with E-state index in [-0.39, 0.29) is 29.3 Å². The van der Waals surface area contributed by atoms with Crippen molar-refractivity contribution in [1.29, 1.82) is 0 Å². The van der Waals surface area contributed by atoms with Crippen molar-refractivity contribution in [3.63, 3.8) is 0 Å². The fourth-order valence-corrected chi connectivity index (χ4v) is 6.59. The first kappa shape index (κ1) is 25.0. The SMILES string of the molecule is CC1CCCN(c2ccc(C(C)NC(=O)C3CCCN(S(=O)(=O)c4ccc(Cl)cc4)C3)cc2)C1. The van der Waals surface area contributed by atoms with Crippen LogP contribution in [0.15, 0.2) is 53.4 Å². The maximum atomic E-state index is 13.0. The number of sulfonamides is 1. The van der Waals surface area contributed by atoms with E-state index in [2.05, 4.69) is 41.4 Å². The highest BCUT2D eigenvalue weighted by molar-refractivity contribution is 7.89. The molecule has 0 aromatic heterocycles. The molecule has 2 aromatic carbocycles. The molecule has 34 heavy (non-hydrogen) atoms. The minimum Gasteiger partial charge on any atom is -0.371 e. The number of rotatable bonds is 6. The summed E-state index contributed by atoms with van der Waals surface area (Å²) in [4.78, 5) is 15.7. The Morgan fingerprint density at radius 3 is 2.35 bits per heavy atom. The minimum atomic E-state index is -3.66. The van der Waals surface area contributed by atoms with Gasteiger partial charge in [-0.15, -0.1) is 0 Å². The van der Waals surface area contributed by atoms with Crippen molar-refractivity contribution in [1.82, 2.24) is 9.62 Å². The van der Waals surface area contributed by atoms with E-state index in [1.807, 2.05) is 6.92 Å². The number of hydrogen-bond donors (Lipinski definition) is 1. The van der Waals surface area contributed by atoms with Gasteiger partial charge < -0.3 is 10.2 Å². The molecule has 0 bridgehead atoms. The fraction of sp³-hybridized carbons (Fsp3) is 0.500. The van der Waals surface area contributed by atoms with Crippen LogP contribution in [0, 0.1) is 11.8 Å². The predicted octanol–water partition coefficient (Wildman–Crippen LogP) is 4.85. The Kier molecular flexibility index (Phi) is 7.85. The van der Waals surface area contributed by atoms with Crippen LogP contribution in [0.25, 0.3) is 0 Å². The molecule has 2 heterocycles. The lowest BCUT2D eigenvalue weighted by Crippen LogP contribution is -2.45. The fourth-order valence-electron chi connectivity index (χ4n) is 4.94. The number of hydrogen-bond acceptors (Lipinski definition) is 4. The summed E-state index contributed by atoms with van der Waals surface area (Å²) in [5.74, 6) is 0.245. The zero-order valence-corrected chi connectivity index (χ0v) is 21.5. The summed E-state index contributed by atoms with van der Waals surface area (Å²) in [6.07, 6.45) is 3.85. The molecule has 4 rings (SSSR count). The zero-order chi connectivity index (χ0) is 24.3. The Hall–Kier alpha value is -2.09. The summed E-state index contributed by atoms with van der Waals surface area (Å²) in [7, 11) is -3.66. The van der Waals surface area contributed by atoms with Gasteiger partial charge in [-0.25, -0.2) is 8.42 Å². The summed E-state index contributed by atoms with van der Waals surface area (Å²) in [6, 6.07) is 14.5. The molecule has 3 atom stereocenters. The Morgan fingerprint density at radius 2 is 1.68 bits per heavy atom. The molecule has 2 fully saturated rings. The van der Waals surface area contributed by atoms with E-state index in [9.17, 15) is 13.2 Å². The van der Waals surface area contributed by atoms with Crippen LogP contribution in [-0.4, -0.2) is 44.8 Å². The number of nitrogens with one attached hydrogen (secondary N) is 1. The van der Waals surface area contributed by atoms with Gasteiger partial charge in [0.25, 0.3) is 0 Å². The van der Waals surface area contributed by atoms with Gasteiger partial charge in [0, 0.05) is 36.9 Å². The van der Waals surface area contributed by atoms with E-state index in [1.165, 1.54) is 35.0 Å². The molecule has 184 valence electrons. The van der Waals surface area contributed by atoms with Gasteiger partial charge in [-0.2, -0.15) is 4.31 Å². The average molecular weight is 504 g/mol. The number of carbonyl (C=O) groups is 1. The highest BCUT2D eigenvalue weighted by atomic mass is 35.5. The van der Waals surface area contributed by atoms with Crippen molar-refractivity contribution in [2.45, 2.75) is 50.5 Å². The molecule has 6 nitrogen and oxygen atoms in total. The van der Waals surface area contributed by atoms with E-state index in [1.54, 1.807) is 12.1 Å². The van der Waals surface area contributed by atoms with E-state index >= 15 is 0 Å². The number of amides is 1. The first-order chi connectivity index (χ1) is 16.2. The number of nitrogens with zero attached hydrogens (tertiary/aromatic N) is 2. The minimum absolute atomic E-state index is 0.0996. The Morgan fingerprint density at radius 1 is 1.00 bits per heavy atom. The van der Waals surface area contributed by atoms with Gasteiger partial charge in [0.15, 0.2) is 0 Å². The van der Waals surface area contributed by atoms with Crippen LogP contribution in [0.1, 0.15) is 51.1 Å². The maximum absolute atomic E-state index is 13.0. The van der Waals surface area contributed by atoms with Crippen LogP contribution in [-0.2, 0) is 14.8 Å². The molecule has 2 saturated heterocycles. The van der Waals surface area contributed by atoms with Gasteiger partial charge in [-0.3, -0.25) is 4.79 Å². The normalized spacial score (nSPS) is 22.9. The van der Waals surface area contributed by atoms with Crippen molar-refractivity contribution < 1.29 is 13.2 Å². The van der Waals surface area contributed by atoms with E-state index < -0.39 is 10.0 Å². The van der Waals surface area contributed by atoms with Crippen LogP contribution in [0.5, 0.6) is 0 Å². The number of piperidine rings is 2. The highest BCUT2D eigenvalue weighted by Crippen LogP contribution is 2.27. The second-order valence-corrected chi connectivity index (χ2v) is 12.0. The molecule has 0 radical (unpaired) electrons. The first-order valence-electron chi connectivity index (χ1n) is 12.1. The van der Waals surface area contributed by atoms with Crippen molar-refractivity contribution >= 4 is 33.2 Å². The Balaban J connectivity index is 1.36. The van der Waals surface area contributed by atoms with Gasteiger partial charge in [0.2, 0.25) is 15.9 Å². The molecule has 1 N–H and O–H groups in total. The summed E-state index contributed by atoms with van der Waals surface area (Å²) in [5.41, 5.74) is 2.27. The van der Waals surface area contributed by atoms with Gasteiger partial charge in [0.1, 0.15) is 0 Å². The second-order valence-electron chi connectivity index (χ2n) is 9.67. The smallest absolute Gasteiger partial charge is 0.243 e. The zero-order valence-electron chi connectivity index (χ0n) is 19.9. The molecular formula is C26H34ClN3O3S. The summed E-state index contributed by atoms with van der Waals surface area (Å²) >= 11 is 5.90. The lowest BCUT2D eigenvalue weighted by atomic mass is 9.97. The Bertz CT molecular complexity index is 1090. The van der Waals surface area contributed by atoms with Crippen molar-refractivity contribution in [2.24, 2.45) is 11.8 Å². The third kappa shape index (κ3) is 5.75. The molecule has 0 spiro atoms. The van der Waals surface area contributed by atoms with E-state index in [0.717, 1.165) is 18.7 Å². The molecule has 2 aliphatic heterocycles. The highest BCUT2D eigenvalue weighted by Gasteiger charge is 2.33. The topological polar surface area (TPSA) is 69.7 Å². The predicted molar refractivity (Wildman–Crippen MR) is 137 cm³/mol. The van der Waals surface area contributed by atoms with E-state index in [0.29, 0.717) is 30.3 Å². The molecule has 0 saturated carbocycles. The lowest BCUT2D eigenvalue weighted by Gasteiger charge is -2.33. The largest absolute Gasteiger partial charge is 0.371 e. The maximum Gasteiger partial charge on any atom is 0.243 e. The van der Waals surface area contributed by atoms with Crippen molar-refractivity contribution in [3.8, 4) is 0 Å². The standard InChI is InChI=1S/C26H34ClN3O3S/c1-19-5-3-15-29(17-19)24-11-7-21(8-12-24)20(2)28-26(31)22-6-4-16-30(18-22)34(32,33)25-13-9-23(27)10-14-25/h7-14,19-20,22H,3-6,15-18H2,1-2H3,(H,28,31). The first-order valence-corrected chi connectivity index (χ1v) is 14.0. The van der Waals surface area contributed by atoms with Crippen LogP contribution >= 0.6 is 11.6 Å². The molecule has 8 heteroatoms. The third-order valence-electron chi connectivity index (χ3n) is 6.98. The molecule has 3 unspecified atom stereocenters. The quantitative estimate of drug-likeness (QED) is 0.611. The average Bonchev–Trinajstić information content (AvgIpc) is 2.84. The molecule has 2 aromatic rings. The number of halogens is 1. The molecule has 2 aliphatic rings. The van der Waals surface area contributed by atoms with Crippen molar-refractivity contribution in [3.05, 3.63) is 59.1 Å². The van der Waals surface area contributed by atoms with Crippen LogP contribution < -0.4 is 10.2 Å².